The molecule has 0 N–H and O–H groups in total. The summed E-state index contributed by atoms with van der Waals surface area (Å²) in [5, 5.41) is 0. The number of benzene rings is 1. The molecule has 0 unspecified atom stereocenters. The van der Waals surface area contributed by atoms with Crippen molar-refractivity contribution in [3.8, 4) is 0 Å². The van der Waals surface area contributed by atoms with E-state index in [1.165, 1.54) is 12.1 Å². The number of aromatic nitrogens is 1. The molecule has 124 valence electrons. The number of allylic oxidation sites excluding steroid dienone is 2. The molecule has 0 fully saturated rings. The van der Waals surface area contributed by atoms with Gasteiger partial charge in [0.05, 0.1) is 11.7 Å². The van der Waals surface area contributed by atoms with Crippen molar-refractivity contribution in [1.82, 2.24) is 9.88 Å². The fourth-order valence-corrected chi connectivity index (χ4v) is 3.24. The van der Waals surface area contributed by atoms with Crippen LogP contribution in [0.2, 0.25) is 0 Å². The maximum atomic E-state index is 13.7. The molecule has 0 saturated carbocycles. The van der Waals surface area contributed by atoms with Crippen molar-refractivity contribution in [2.75, 3.05) is 7.05 Å². The van der Waals surface area contributed by atoms with Gasteiger partial charge in [0, 0.05) is 19.2 Å². The van der Waals surface area contributed by atoms with Gasteiger partial charge in [0.2, 0.25) is 5.91 Å². The Hall–Kier alpha value is -2.49. The van der Waals surface area contributed by atoms with E-state index in [1.54, 1.807) is 24.2 Å². The van der Waals surface area contributed by atoms with Crippen LogP contribution in [-0.4, -0.2) is 22.8 Å². The van der Waals surface area contributed by atoms with Crippen molar-refractivity contribution in [2.45, 2.75) is 25.3 Å². The minimum Gasteiger partial charge on any atom is -0.333 e. The lowest BCUT2D eigenvalue weighted by molar-refractivity contribution is -0.136. The molecular formula is C20H21FN2O. The van der Waals surface area contributed by atoms with Crippen LogP contribution in [0.1, 0.15) is 36.6 Å². The van der Waals surface area contributed by atoms with Crippen LogP contribution < -0.4 is 0 Å². The number of carbonyl (C=O) groups is 1. The van der Waals surface area contributed by atoms with Crippen molar-refractivity contribution < 1.29 is 9.18 Å². The zero-order chi connectivity index (χ0) is 16.9. The van der Waals surface area contributed by atoms with Crippen LogP contribution in [0.4, 0.5) is 4.39 Å². The first kappa shape index (κ1) is 16.4. The van der Waals surface area contributed by atoms with E-state index in [1.807, 2.05) is 24.3 Å². The third kappa shape index (κ3) is 3.53. The number of amides is 1. The Balaban J connectivity index is 1.95. The van der Waals surface area contributed by atoms with E-state index in [0.29, 0.717) is 0 Å². The van der Waals surface area contributed by atoms with Gasteiger partial charge in [-0.25, -0.2) is 4.39 Å². The smallest absolute Gasteiger partial charge is 0.226 e. The van der Waals surface area contributed by atoms with Crippen molar-refractivity contribution in [3.05, 3.63) is 77.9 Å². The molecule has 1 heterocycles. The molecule has 2 atom stereocenters. The highest BCUT2D eigenvalue weighted by Crippen LogP contribution is 2.30. The van der Waals surface area contributed by atoms with Gasteiger partial charge in [-0.1, -0.05) is 30.4 Å². The van der Waals surface area contributed by atoms with E-state index in [2.05, 4.69) is 17.1 Å². The van der Waals surface area contributed by atoms with Crippen LogP contribution >= 0.6 is 0 Å². The minimum absolute atomic E-state index is 0.0141. The summed E-state index contributed by atoms with van der Waals surface area (Å²) in [7, 11) is 1.78. The molecule has 0 aliphatic heterocycles. The van der Waals surface area contributed by atoms with Crippen LogP contribution in [0, 0.1) is 11.7 Å². The van der Waals surface area contributed by atoms with Gasteiger partial charge >= 0.3 is 0 Å². The minimum atomic E-state index is -0.389. The second-order valence-electron chi connectivity index (χ2n) is 6.14. The first-order chi connectivity index (χ1) is 11.7. The molecule has 3 rings (SSSR count). The Kier molecular flexibility index (Phi) is 5.04. The molecule has 24 heavy (non-hydrogen) atoms. The van der Waals surface area contributed by atoms with E-state index in [4.69, 9.17) is 0 Å². The van der Waals surface area contributed by atoms with E-state index in [0.717, 1.165) is 30.5 Å². The van der Waals surface area contributed by atoms with Crippen LogP contribution in [0.3, 0.4) is 0 Å². The normalized spacial score (nSPS) is 18.2. The Morgan fingerprint density at radius 1 is 1.25 bits per heavy atom. The first-order valence-electron chi connectivity index (χ1n) is 8.25. The molecule has 0 spiro atoms. The number of halogens is 1. The standard InChI is InChI=1S/C20H21FN2O/c1-23(20(24)15-8-3-2-4-9-15)19(18-12-5-6-13-22-18)16-10-7-11-17(21)14-16/h2-3,5-7,10-15,19H,4,8-9H2,1H3/t15-,19+/m1/s1. The Bertz CT molecular complexity index is 729. The van der Waals surface area contributed by atoms with E-state index in [9.17, 15) is 9.18 Å². The SMILES string of the molecule is CN(C(=O)[C@@H]1CC=CCC1)[C@@H](c1cccc(F)c1)c1ccccn1. The second kappa shape index (κ2) is 7.39. The van der Waals surface area contributed by atoms with E-state index < -0.39 is 0 Å². The molecule has 0 radical (unpaired) electrons. The quantitative estimate of drug-likeness (QED) is 0.793. The first-order valence-corrected chi connectivity index (χ1v) is 8.25. The zero-order valence-electron chi connectivity index (χ0n) is 13.7. The third-order valence-corrected chi connectivity index (χ3v) is 4.49. The maximum absolute atomic E-state index is 13.7. The second-order valence-corrected chi connectivity index (χ2v) is 6.14. The molecule has 2 aromatic rings. The predicted molar refractivity (Wildman–Crippen MR) is 91.7 cm³/mol. The molecule has 0 bridgehead atoms. The van der Waals surface area contributed by atoms with Gasteiger partial charge in [-0.3, -0.25) is 9.78 Å². The molecule has 3 nitrogen and oxygen atoms in total. The molecule has 1 aliphatic rings. The molecule has 1 amide bonds. The Morgan fingerprint density at radius 2 is 2.12 bits per heavy atom. The average molecular weight is 324 g/mol. The number of hydrogen-bond donors (Lipinski definition) is 0. The highest BCUT2D eigenvalue weighted by Gasteiger charge is 2.29. The number of pyridine rings is 1. The number of rotatable bonds is 4. The Labute approximate surface area is 141 Å². The van der Waals surface area contributed by atoms with Gasteiger partial charge in [0.15, 0.2) is 0 Å². The predicted octanol–water partition coefficient (Wildman–Crippen LogP) is 4.12. The summed E-state index contributed by atoms with van der Waals surface area (Å²) < 4.78 is 13.7. The molecule has 1 aromatic carbocycles. The van der Waals surface area contributed by atoms with Crippen molar-refractivity contribution in [1.29, 1.82) is 0 Å². The van der Waals surface area contributed by atoms with Gasteiger partial charge in [-0.15, -0.1) is 0 Å². The van der Waals surface area contributed by atoms with Crippen molar-refractivity contribution in [2.24, 2.45) is 5.92 Å². The average Bonchev–Trinajstić information content (AvgIpc) is 2.63. The number of nitrogens with zero attached hydrogens (tertiary/aromatic N) is 2. The van der Waals surface area contributed by atoms with Gasteiger partial charge in [-0.2, -0.15) is 0 Å². The summed E-state index contributed by atoms with van der Waals surface area (Å²) >= 11 is 0. The monoisotopic (exact) mass is 324 g/mol. The van der Waals surface area contributed by atoms with Crippen molar-refractivity contribution in [3.63, 3.8) is 0 Å². The molecule has 4 heteroatoms. The van der Waals surface area contributed by atoms with Crippen LogP contribution in [0.5, 0.6) is 0 Å². The fraction of sp³-hybridized carbons (Fsp3) is 0.300. The number of carbonyl (C=O) groups excluding carboxylic acids is 1. The molecule has 0 saturated heterocycles. The lowest BCUT2D eigenvalue weighted by Gasteiger charge is -2.32. The van der Waals surface area contributed by atoms with Crippen molar-refractivity contribution >= 4 is 5.91 Å². The van der Waals surface area contributed by atoms with Crippen LogP contribution in [0.25, 0.3) is 0 Å². The summed E-state index contributed by atoms with van der Waals surface area (Å²) in [4.78, 5) is 19.1. The lowest BCUT2D eigenvalue weighted by Crippen LogP contribution is -2.37. The molecular weight excluding hydrogens is 303 g/mol. The summed E-state index contributed by atoms with van der Waals surface area (Å²) in [6.07, 6.45) is 8.44. The lowest BCUT2D eigenvalue weighted by atomic mass is 9.91. The third-order valence-electron chi connectivity index (χ3n) is 4.49. The van der Waals surface area contributed by atoms with Gasteiger partial charge < -0.3 is 4.90 Å². The maximum Gasteiger partial charge on any atom is 0.226 e. The Morgan fingerprint density at radius 3 is 2.79 bits per heavy atom. The zero-order valence-corrected chi connectivity index (χ0v) is 13.7. The van der Waals surface area contributed by atoms with E-state index >= 15 is 0 Å². The topological polar surface area (TPSA) is 33.2 Å². The number of hydrogen-bond acceptors (Lipinski definition) is 2. The highest BCUT2D eigenvalue weighted by molar-refractivity contribution is 5.79. The van der Waals surface area contributed by atoms with Crippen LogP contribution in [0.15, 0.2) is 60.8 Å². The molecule has 1 aliphatic carbocycles. The fourth-order valence-electron chi connectivity index (χ4n) is 3.24. The van der Waals surface area contributed by atoms with Crippen LogP contribution in [-0.2, 0) is 4.79 Å². The summed E-state index contributed by atoms with van der Waals surface area (Å²) in [6.45, 7) is 0. The highest BCUT2D eigenvalue weighted by atomic mass is 19.1. The largest absolute Gasteiger partial charge is 0.333 e. The summed E-state index contributed by atoms with van der Waals surface area (Å²) in [5.74, 6) is -0.242. The van der Waals surface area contributed by atoms with Gasteiger partial charge in [-0.05, 0) is 49.1 Å². The van der Waals surface area contributed by atoms with Gasteiger partial charge in [0.1, 0.15) is 5.82 Å². The van der Waals surface area contributed by atoms with Gasteiger partial charge in [0.25, 0.3) is 0 Å². The van der Waals surface area contributed by atoms with E-state index in [-0.39, 0.29) is 23.7 Å². The summed E-state index contributed by atoms with van der Waals surface area (Å²) in [5.41, 5.74) is 1.47. The molecule has 1 aromatic heterocycles. The summed E-state index contributed by atoms with van der Waals surface area (Å²) in [6, 6.07) is 11.6.